The Bertz CT molecular complexity index is 264. The minimum absolute atomic E-state index is 0.371. The second-order valence-corrected chi connectivity index (χ2v) is 3.74. The predicted octanol–water partition coefficient (Wildman–Crippen LogP) is 2.07. The lowest BCUT2D eigenvalue weighted by molar-refractivity contribution is 0.111. The van der Waals surface area contributed by atoms with Crippen molar-refractivity contribution in [1.29, 1.82) is 0 Å². The number of thioether (sulfide) groups is 1. The van der Waals surface area contributed by atoms with E-state index < -0.39 is 0 Å². The number of allylic oxidation sites excluding steroid dienone is 2. The molecule has 1 aliphatic rings. The highest BCUT2D eigenvalue weighted by Crippen LogP contribution is 2.21. The van der Waals surface area contributed by atoms with Crippen LogP contribution >= 0.6 is 11.8 Å². The highest BCUT2D eigenvalue weighted by molar-refractivity contribution is 8.03. The molecule has 1 aliphatic heterocycles. The van der Waals surface area contributed by atoms with Gasteiger partial charge in [0.25, 0.3) is 0 Å². The van der Waals surface area contributed by atoms with Crippen LogP contribution in [-0.4, -0.2) is 23.5 Å². The lowest BCUT2D eigenvalue weighted by Crippen LogP contribution is -2.39. The van der Waals surface area contributed by atoms with Gasteiger partial charge in [-0.05, 0) is 24.8 Å². The predicted molar refractivity (Wildman–Crippen MR) is 57.4 cm³/mol. The van der Waals surface area contributed by atoms with Crippen LogP contribution < -0.4 is 5.43 Å². The molecule has 0 saturated heterocycles. The number of amides is 1. The molecule has 0 fully saturated rings. The van der Waals surface area contributed by atoms with Gasteiger partial charge in [-0.25, -0.2) is 4.79 Å². The third kappa shape index (κ3) is 2.70. The molecule has 0 saturated carbocycles. The number of rotatable bonds is 3. The van der Waals surface area contributed by atoms with Gasteiger partial charge in [-0.3, -0.25) is 5.43 Å². The Morgan fingerprint density at radius 2 is 2.43 bits per heavy atom. The molecule has 0 bridgehead atoms. The van der Waals surface area contributed by atoms with Crippen molar-refractivity contribution in [2.24, 2.45) is 0 Å². The molecule has 1 N–H and O–H groups in total. The van der Waals surface area contributed by atoms with E-state index in [9.17, 15) is 4.79 Å². The van der Waals surface area contributed by atoms with Gasteiger partial charge < -0.3 is 4.74 Å². The molecule has 0 aliphatic carbocycles. The lowest BCUT2D eigenvalue weighted by Gasteiger charge is -2.25. The Kier molecular flexibility index (Phi) is 4.39. The minimum Gasteiger partial charge on any atom is -0.448 e. The van der Waals surface area contributed by atoms with Gasteiger partial charge >= 0.3 is 6.09 Å². The zero-order valence-electron chi connectivity index (χ0n) is 8.32. The molecule has 0 unspecified atom stereocenters. The standard InChI is InChI=1S/C9H14N2O2S/c1-3-13-9(12)11-8(14-4-2)6-5-7-10-11/h5-7,10H,3-4H2,1-2H3. The van der Waals surface area contributed by atoms with Gasteiger partial charge in [0.2, 0.25) is 0 Å². The first-order valence-corrected chi connectivity index (χ1v) is 5.50. The van der Waals surface area contributed by atoms with Gasteiger partial charge in [0.05, 0.1) is 6.61 Å². The number of hydrogen-bond acceptors (Lipinski definition) is 4. The Balaban J connectivity index is 2.63. The largest absolute Gasteiger partial charge is 0.448 e. The van der Waals surface area contributed by atoms with E-state index in [1.54, 1.807) is 24.9 Å². The first kappa shape index (κ1) is 11.0. The molecule has 14 heavy (non-hydrogen) atoms. The highest BCUT2D eigenvalue weighted by atomic mass is 32.2. The molecule has 0 radical (unpaired) electrons. The maximum atomic E-state index is 11.4. The fourth-order valence-electron chi connectivity index (χ4n) is 0.977. The Labute approximate surface area is 88.0 Å². The van der Waals surface area contributed by atoms with E-state index in [1.165, 1.54) is 5.01 Å². The number of ether oxygens (including phenoxy) is 1. The SMILES string of the molecule is CCOC(=O)N1NC=CC=C1SCC. The molecule has 78 valence electrons. The summed E-state index contributed by atoms with van der Waals surface area (Å²) in [5.74, 6) is 0.914. The average Bonchev–Trinajstić information content (AvgIpc) is 2.19. The van der Waals surface area contributed by atoms with Crippen molar-refractivity contribution < 1.29 is 9.53 Å². The molecule has 0 atom stereocenters. The summed E-state index contributed by atoms with van der Waals surface area (Å²) in [4.78, 5) is 11.4. The first-order chi connectivity index (χ1) is 6.79. The molecular formula is C9H14N2O2S. The number of carbonyl (C=O) groups is 1. The van der Waals surface area contributed by atoms with E-state index in [2.05, 4.69) is 5.43 Å². The van der Waals surface area contributed by atoms with Gasteiger partial charge in [-0.1, -0.05) is 6.92 Å². The summed E-state index contributed by atoms with van der Waals surface area (Å²) in [7, 11) is 0. The topological polar surface area (TPSA) is 41.6 Å². The summed E-state index contributed by atoms with van der Waals surface area (Å²) in [6.07, 6.45) is 5.05. The summed E-state index contributed by atoms with van der Waals surface area (Å²) in [5, 5.41) is 2.26. The molecule has 0 aromatic carbocycles. The van der Waals surface area contributed by atoms with E-state index in [1.807, 2.05) is 19.1 Å². The second-order valence-electron chi connectivity index (χ2n) is 2.46. The Morgan fingerprint density at radius 1 is 1.64 bits per heavy atom. The van der Waals surface area contributed by atoms with Crippen molar-refractivity contribution in [1.82, 2.24) is 10.4 Å². The van der Waals surface area contributed by atoms with Crippen molar-refractivity contribution in [3.8, 4) is 0 Å². The minimum atomic E-state index is -0.371. The smallest absolute Gasteiger partial charge is 0.433 e. The number of nitrogens with one attached hydrogen (secondary N) is 1. The van der Waals surface area contributed by atoms with Gasteiger partial charge in [0.1, 0.15) is 5.03 Å². The lowest BCUT2D eigenvalue weighted by atomic mass is 10.5. The van der Waals surface area contributed by atoms with Gasteiger partial charge in [-0.15, -0.1) is 11.8 Å². The molecule has 0 aromatic rings. The molecule has 1 amide bonds. The van der Waals surface area contributed by atoms with Crippen molar-refractivity contribution in [2.45, 2.75) is 13.8 Å². The van der Waals surface area contributed by atoms with Crippen LogP contribution in [0.3, 0.4) is 0 Å². The summed E-state index contributed by atoms with van der Waals surface area (Å²) < 4.78 is 4.89. The Morgan fingerprint density at radius 3 is 3.07 bits per heavy atom. The quantitative estimate of drug-likeness (QED) is 0.781. The van der Waals surface area contributed by atoms with Crippen LogP contribution in [0.2, 0.25) is 0 Å². The molecule has 0 aromatic heterocycles. The van der Waals surface area contributed by atoms with Crippen molar-refractivity contribution in [3.63, 3.8) is 0 Å². The van der Waals surface area contributed by atoms with Crippen molar-refractivity contribution >= 4 is 17.9 Å². The molecule has 0 spiro atoms. The van der Waals surface area contributed by atoms with Gasteiger partial charge in [0, 0.05) is 6.20 Å². The molecular weight excluding hydrogens is 200 g/mol. The van der Waals surface area contributed by atoms with Crippen LogP contribution in [0.25, 0.3) is 0 Å². The summed E-state index contributed by atoms with van der Waals surface area (Å²) >= 11 is 1.59. The average molecular weight is 214 g/mol. The molecule has 1 rings (SSSR count). The van der Waals surface area contributed by atoms with Crippen LogP contribution in [0, 0.1) is 0 Å². The zero-order chi connectivity index (χ0) is 10.4. The van der Waals surface area contributed by atoms with Crippen LogP contribution in [0.1, 0.15) is 13.8 Å². The number of nitrogens with zero attached hydrogens (tertiary/aromatic N) is 1. The maximum absolute atomic E-state index is 11.4. The van der Waals surface area contributed by atoms with Crippen molar-refractivity contribution in [2.75, 3.05) is 12.4 Å². The number of carbonyl (C=O) groups excluding carboxylic acids is 1. The van der Waals surface area contributed by atoms with E-state index in [0.29, 0.717) is 6.61 Å². The molecule has 4 nitrogen and oxygen atoms in total. The zero-order valence-corrected chi connectivity index (χ0v) is 9.13. The number of hydrogen-bond donors (Lipinski definition) is 1. The third-order valence-electron chi connectivity index (χ3n) is 1.50. The monoisotopic (exact) mass is 214 g/mol. The first-order valence-electron chi connectivity index (χ1n) is 4.52. The number of hydrazine groups is 1. The van der Waals surface area contributed by atoms with Gasteiger partial charge in [0.15, 0.2) is 0 Å². The summed E-state index contributed by atoms with van der Waals surface area (Å²) in [6.45, 7) is 4.20. The fraction of sp³-hybridized carbons (Fsp3) is 0.444. The van der Waals surface area contributed by atoms with Crippen LogP contribution in [-0.2, 0) is 4.74 Å². The van der Waals surface area contributed by atoms with E-state index in [4.69, 9.17) is 4.74 Å². The molecule has 5 heteroatoms. The van der Waals surface area contributed by atoms with Gasteiger partial charge in [-0.2, -0.15) is 5.01 Å². The van der Waals surface area contributed by atoms with E-state index in [-0.39, 0.29) is 6.09 Å². The van der Waals surface area contributed by atoms with E-state index >= 15 is 0 Å². The summed E-state index contributed by atoms with van der Waals surface area (Å²) in [6, 6.07) is 0. The fourth-order valence-corrected chi connectivity index (χ4v) is 1.70. The van der Waals surface area contributed by atoms with Crippen LogP contribution in [0.5, 0.6) is 0 Å². The maximum Gasteiger partial charge on any atom is 0.433 e. The second kappa shape index (κ2) is 5.59. The molecule has 1 heterocycles. The highest BCUT2D eigenvalue weighted by Gasteiger charge is 2.19. The third-order valence-corrected chi connectivity index (χ3v) is 2.40. The normalized spacial score (nSPS) is 14.7. The van der Waals surface area contributed by atoms with E-state index in [0.717, 1.165) is 10.8 Å². The summed E-state index contributed by atoms with van der Waals surface area (Å²) in [5.41, 5.74) is 2.83. The van der Waals surface area contributed by atoms with Crippen LogP contribution in [0.4, 0.5) is 4.79 Å². The van der Waals surface area contributed by atoms with Crippen LogP contribution in [0.15, 0.2) is 23.4 Å². The van der Waals surface area contributed by atoms with Crippen molar-refractivity contribution in [3.05, 3.63) is 23.4 Å². The Hall–Kier alpha value is -1.10.